The highest BCUT2D eigenvalue weighted by molar-refractivity contribution is 6.11. The number of hydrogen-bond acceptors (Lipinski definition) is 5. The van der Waals surface area contributed by atoms with Crippen LogP contribution in [0, 0.1) is 13.8 Å². The van der Waals surface area contributed by atoms with E-state index in [0.717, 1.165) is 11.1 Å². The number of carbonyl (C=O) groups excluding carboxylic acids is 3. The number of fused-ring (bicyclic) bond motifs is 1. The first-order valence-corrected chi connectivity index (χ1v) is 8.95. The van der Waals surface area contributed by atoms with Crippen LogP contribution >= 0.6 is 0 Å². The Morgan fingerprint density at radius 2 is 1.79 bits per heavy atom. The average molecular weight is 382 g/mol. The first-order chi connectivity index (χ1) is 13.4. The SMILES string of the molecule is Cc1cccc(C)c1OCC(=O)O[C@@H](C)C(=O)N1CC(=O)Nc2ccccc21. The highest BCUT2D eigenvalue weighted by Gasteiger charge is 2.31. The normalized spacial score (nSPS) is 14.0. The predicted octanol–water partition coefficient (Wildman–Crippen LogP) is 2.60. The Morgan fingerprint density at radius 1 is 1.11 bits per heavy atom. The summed E-state index contributed by atoms with van der Waals surface area (Å²) in [6.07, 6.45) is -1.05. The van der Waals surface area contributed by atoms with E-state index < -0.39 is 18.0 Å². The summed E-state index contributed by atoms with van der Waals surface area (Å²) in [6, 6.07) is 12.7. The summed E-state index contributed by atoms with van der Waals surface area (Å²) >= 11 is 0. The van der Waals surface area contributed by atoms with Gasteiger partial charge in [0, 0.05) is 0 Å². The molecule has 0 radical (unpaired) electrons. The third-order valence-electron chi connectivity index (χ3n) is 4.44. The smallest absolute Gasteiger partial charge is 0.344 e. The lowest BCUT2D eigenvalue weighted by Gasteiger charge is -2.30. The first-order valence-electron chi connectivity index (χ1n) is 8.95. The Morgan fingerprint density at radius 3 is 2.50 bits per heavy atom. The molecule has 0 aromatic heterocycles. The number of esters is 1. The fourth-order valence-corrected chi connectivity index (χ4v) is 3.09. The van der Waals surface area contributed by atoms with Gasteiger partial charge in [0.25, 0.3) is 5.91 Å². The van der Waals surface area contributed by atoms with E-state index in [1.165, 1.54) is 11.8 Å². The number of nitrogens with zero attached hydrogens (tertiary/aromatic N) is 1. The number of para-hydroxylation sites is 3. The molecule has 2 aromatic rings. The number of anilines is 2. The molecule has 3 rings (SSSR count). The topological polar surface area (TPSA) is 84.9 Å². The number of amides is 2. The number of benzene rings is 2. The summed E-state index contributed by atoms with van der Waals surface area (Å²) in [4.78, 5) is 38.1. The third-order valence-corrected chi connectivity index (χ3v) is 4.44. The van der Waals surface area contributed by atoms with Crippen molar-refractivity contribution < 1.29 is 23.9 Å². The highest BCUT2D eigenvalue weighted by Crippen LogP contribution is 2.29. The van der Waals surface area contributed by atoms with Gasteiger partial charge in [-0.25, -0.2) is 4.79 Å². The van der Waals surface area contributed by atoms with Crippen LogP contribution in [0.1, 0.15) is 18.1 Å². The van der Waals surface area contributed by atoms with E-state index in [1.807, 2.05) is 32.0 Å². The highest BCUT2D eigenvalue weighted by atomic mass is 16.6. The molecule has 2 aromatic carbocycles. The lowest BCUT2D eigenvalue weighted by atomic mass is 10.1. The Labute approximate surface area is 163 Å². The fourth-order valence-electron chi connectivity index (χ4n) is 3.09. The second-order valence-corrected chi connectivity index (χ2v) is 6.63. The van der Waals surface area contributed by atoms with Gasteiger partial charge in [0.05, 0.1) is 11.4 Å². The minimum atomic E-state index is -1.05. The van der Waals surface area contributed by atoms with Gasteiger partial charge in [-0.3, -0.25) is 14.5 Å². The van der Waals surface area contributed by atoms with Crippen LogP contribution in [0.3, 0.4) is 0 Å². The second-order valence-electron chi connectivity index (χ2n) is 6.63. The predicted molar refractivity (Wildman–Crippen MR) is 104 cm³/mol. The molecular weight excluding hydrogens is 360 g/mol. The van der Waals surface area contributed by atoms with Gasteiger partial charge >= 0.3 is 5.97 Å². The van der Waals surface area contributed by atoms with Crippen LogP contribution in [-0.4, -0.2) is 37.0 Å². The molecule has 0 saturated heterocycles. The molecule has 0 saturated carbocycles. The number of hydrogen-bond donors (Lipinski definition) is 1. The van der Waals surface area contributed by atoms with Gasteiger partial charge in [-0.1, -0.05) is 30.3 Å². The molecular formula is C21H22N2O5. The Balaban J connectivity index is 1.63. The van der Waals surface area contributed by atoms with Crippen LogP contribution in [0.25, 0.3) is 0 Å². The van der Waals surface area contributed by atoms with E-state index in [-0.39, 0.29) is 19.1 Å². The van der Waals surface area contributed by atoms with Gasteiger partial charge < -0.3 is 14.8 Å². The lowest BCUT2D eigenvalue weighted by Crippen LogP contribution is -2.47. The Bertz CT molecular complexity index is 905. The van der Waals surface area contributed by atoms with Gasteiger partial charge in [0.15, 0.2) is 12.7 Å². The van der Waals surface area contributed by atoms with Crippen molar-refractivity contribution in [3.05, 3.63) is 53.6 Å². The zero-order valence-electron chi connectivity index (χ0n) is 16.0. The molecule has 1 aliphatic rings. The second kappa shape index (κ2) is 8.12. The molecule has 1 atom stereocenters. The molecule has 0 unspecified atom stereocenters. The standard InChI is InChI=1S/C21H22N2O5/c1-13-7-6-8-14(2)20(13)27-12-19(25)28-15(3)21(26)23-11-18(24)22-16-9-4-5-10-17(16)23/h4-10,15H,11-12H2,1-3H3,(H,22,24)/t15-/m0/s1. The molecule has 0 spiro atoms. The number of ether oxygens (including phenoxy) is 2. The molecule has 2 amide bonds. The molecule has 1 aliphatic heterocycles. The van der Waals surface area contributed by atoms with Gasteiger partial charge in [0.2, 0.25) is 5.91 Å². The van der Waals surface area contributed by atoms with Gasteiger partial charge in [0.1, 0.15) is 12.3 Å². The lowest BCUT2D eigenvalue weighted by molar-refractivity contribution is -0.155. The monoisotopic (exact) mass is 382 g/mol. The summed E-state index contributed by atoms with van der Waals surface area (Å²) in [6.45, 7) is 4.82. The molecule has 1 N–H and O–H groups in total. The van der Waals surface area contributed by atoms with Crippen LogP contribution in [-0.2, 0) is 19.1 Å². The van der Waals surface area contributed by atoms with Crippen molar-refractivity contribution >= 4 is 29.2 Å². The summed E-state index contributed by atoms with van der Waals surface area (Å²) < 4.78 is 10.8. The summed E-state index contributed by atoms with van der Waals surface area (Å²) in [5.41, 5.74) is 2.94. The molecule has 146 valence electrons. The van der Waals surface area contributed by atoms with Crippen molar-refractivity contribution in [3.63, 3.8) is 0 Å². The summed E-state index contributed by atoms with van der Waals surface area (Å²) in [5, 5.41) is 2.71. The molecule has 0 aliphatic carbocycles. The number of carbonyl (C=O) groups is 3. The van der Waals surface area contributed by atoms with Crippen LogP contribution in [0.2, 0.25) is 0 Å². The van der Waals surface area contributed by atoms with Crippen molar-refractivity contribution in [2.75, 3.05) is 23.4 Å². The van der Waals surface area contributed by atoms with Crippen molar-refractivity contribution in [2.24, 2.45) is 0 Å². The van der Waals surface area contributed by atoms with E-state index in [1.54, 1.807) is 24.3 Å². The van der Waals surface area contributed by atoms with E-state index in [0.29, 0.717) is 17.1 Å². The summed E-state index contributed by atoms with van der Waals surface area (Å²) in [7, 11) is 0. The van der Waals surface area contributed by atoms with E-state index in [9.17, 15) is 14.4 Å². The van der Waals surface area contributed by atoms with Crippen molar-refractivity contribution in [1.29, 1.82) is 0 Å². The largest absolute Gasteiger partial charge is 0.481 e. The van der Waals surface area contributed by atoms with Gasteiger partial charge in [-0.2, -0.15) is 0 Å². The minimum absolute atomic E-state index is 0.128. The van der Waals surface area contributed by atoms with E-state index in [4.69, 9.17) is 9.47 Å². The van der Waals surface area contributed by atoms with Crippen LogP contribution < -0.4 is 15.0 Å². The summed E-state index contributed by atoms with van der Waals surface area (Å²) in [5.74, 6) is -0.801. The Hall–Kier alpha value is -3.35. The van der Waals surface area contributed by atoms with Crippen molar-refractivity contribution in [2.45, 2.75) is 26.9 Å². The number of rotatable bonds is 5. The average Bonchev–Trinajstić information content (AvgIpc) is 2.66. The van der Waals surface area contributed by atoms with Gasteiger partial charge in [-0.05, 0) is 44.0 Å². The van der Waals surface area contributed by atoms with Crippen LogP contribution in [0.4, 0.5) is 11.4 Å². The number of aryl methyl sites for hydroxylation is 2. The third kappa shape index (κ3) is 4.14. The molecule has 7 heteroatoms. The molecule has 28 heavy (non-hydrogen) atoms. The number of nitrogens with one attached hydrogen (secondary N) is 1. The molecule has 0 bridgehead atoms. The van der Waals surface area contributed by atoms with Gasteiger partial charge in [-0.15, -0.1) is 0 Å². The van der Waals surface area contributed by atoms with Crippen molar-refractivity contribution in [1.82, 2.24) is 0 Å². The minimum Gasteiger partial charge on any atom is -0.481 e. The first kappa shape index (κ1) is 19.4. The van der Waals surface area contributed by atoms with Crippen molar-refractivity contribution in [3.8, 4) is 5.75 Å². The maximum atomic E-state index is 12.8. The molecule has 7 nitrogen and oxygen atoms in total. The van der Waals surface area contributed by atoms with Crippen LogP contribution in [0.5, 0.6) is 5.75 Å². The fraction of sp³-hybridized carbons (Fsp3) is 0.286. The zero-order valence-corrected chi connectivity index (χ0v) is 16.0. The van der Waals surface area contributed by atoms with Crippen LogP contribution in [0.15, 0.2) is 42.5 Å². The molecule has 0 fully saturated rings. The van der Waals surface area contributed by atoms with E-state index in [2.05, 4.69) is 5.32 Å². The Kier molecular flexibility index (Phi) is 5.63. The molecule has 1 heterocycles. The maximum absolute atomic E-state index is 12.8. The van der Waals surface area contributed by atoms with E-state index >= 15 is 0 Å². The quantitative estimate of drug-likeness (QED) is 0.804. The zero-order chi connectivity index (χ0) is 20.3. The maximum Gasteiger partial charge on any atom is 0.344 e.